The number of sulfonamides is 1. The Bertz CT molecular complexity index is 888. The van der Waals surface area contributed by atoms with E-state index < -0.39 is 15.9 Å². The van der Waals surface area contributed by atoms with Gasteiger partial charge in [0.2, 0.25) is 10.0 Å². The summed E-state index contributed by atoms with van der Waals surface area (Å²) in [5.41, 5.74) is 1.71. The van der Waals surface area contributed by atoms with E-state index in [0.717, 1.165) is 20.9 Å². The predicted octanol–water partition coefficient (Wildman–Crippen LogP) is 3.12. The zero-order valence-electron chi connectivity index (χ0n) is 13.1. The average molecular weight is 347 g/mol. The normalized spacial score (nSPS) is 16.8. The quantitative estimate of drug-likeness (QED) is 0.856. The van der Waals surface area contributed by atoms with Gasteiger partial charge in [-0.15, -0.1) is 0 Å². The van der Waals surface area contributed by atoms with Gasteiger partial charge in [0.25, 0.3) is 0 Å². The Morgan fingerprint density at radius 3 is 2.35 bits per heavy atom. The number of benzene rings is 2. The molecule has 4 nitrogen and oxygen atoms in total. The molecule has 1 aliphatic rings. The maximum Gasteiger partial charge on any atom is 0.242 e. The Kier molecular flexibility index (Phi) is 4.08. The number of nitrogens with zero attached hydrogens (tertiary/aromatic N) is 1. The van der Waals surface area contributed by atoms with E-state index in [1.165, 1.54) is 18.4 Å². The van der Waals surface area contributed by atoms with Gasteiger partial charge >= 0.3 is 0 Å². The summed E-state index contributed by atoms with van der Waals surface area (Å²) in [6.07, 6.45) is 0. The maximum atomic E-state index is 12.4. The summed E-state index contributed by atoms with van der Waals surface area (Å²) in [5, 5.41) is 0. The van der Waals surface area contributed by atoms with E-state index >= 15 is 0 Å². The number of ketones is 1. The van der Waals surface area contributed by atoms with Crippen molar-refractivity contribution in [3.05, 3.63) is 53.6 Å². The smallest absolute Gasteiger partial charge is 0.242 e. The Labute approximate surface area is 140 Å². The molecule has 0 saturated carbocycles. The van der Waals surface area contributed by atoms with Crippen LogP contribution in [0.15, 0.2) is 57.2 Å². The molecular weight excluding hydrogens is 330 g/mol. The lowest BCUT2D eigenvalue weighted by molar-refractivity contribution is -0.117. The lowest BCUT2D eigenvalue weighted by Gasteiger charge is -2.26. The first-order valence-electron chi connectivity index (χ1n) is 7.16. The van der Waals surface area contributed by atoms with E-state index in [9.17, 15) is 13.2 Å². The van der Waals surface area contributed by atoms with Crippen molar-refractivity contribution in [3.63, 3.8) is 0 Å². The molecule has 23 heavy (non-hydrogen) atoms. The Balaban J connectivity index is 2.20. The standard InChI is InChI=1S/C17H17NO3S2/c1-11(19)17-13-6-4-5-7-15(13)22-16-9-8-12(10-14(16)17)23(20,21)18(2)3/h4-10,17H,1-3H3/t17-/m1/s1. The highest BCUT2D eigenvalue weighted by molar-refractivity contribution is 7.99. The van der Waals surface area contributed by atoms with Crippen molar-refractivity contribution in [2.24, 2.45) is 0 Å². The second-order valence-corrected chi connectivity index (χ2v) is 8.91. The molecule has 0 spiro atoms. The first-order chi connectivity index (χ1) is 10.8. The van der Waals surface area contributed by atoms with Crippen LogP contribution >= 0.6 is 11.8 Å². The highest BCUT2D eigenvalue weighted by Crippen LogP contribution is 2.46. The lowest BCUT2D eigenvalue weighted by atomic mass is 9.88. The third-order valence-corrected chi connectivity index (χ3v) is 6.92. The molecule has 1 heterocycles. The van der Waals surface area contributed by atoms with Crippen molar-refractivity contribution >= 4 is 27.6 Å². The molecule has 3 rings (SSSR count). The van der Waals surface area contributed by atoms with Gasteiger partial charge in [0.15, 0.2) is 0 Å². The van der Waals surface area contributed by atoms with Crippen LogP contribution in [0.1, 0.15) is 24.0 Å². The number of hydrogen-bond donors (Lipinski definition) is 0. The van der Waals surface area contributed by atoms with E-state index in [-0.39, 0.29) is 10.7 Å². The van der Waals surface area contributed by atoms with Gasteiger partial charge < -0.3 is 0 Å². The number of hydrogen-bond acceptors (Lipinski definition) is 4. The molecule has 120 valence electrons. The lowest BCUT2D eigenvalue weighted by Crippen LogP contribution is -2.23. The molecular formula is C17H17NO3S2. The van der Waals surface area contributed by atoms with Crippen LogP contribution in [-0.4, -0.2) is 32.6 Å². The number of carbonyl (C=O) groups is 1. The van der Waals surface area contributed by atoms with E-state index in [4.69, 9.17) is 0 Å². The van der Waals surface area contributed by atoms with E-state index in [1.54, 1.807) is 36.9 Å². The predicted molar refractivity (Wildman–Crippen MR) is 90.4 cm³/mol. The summed E-state index contributed by atoms with van der Waals surface area (Å²) in [7, 11) is -0.522. The van der Waals surface area contributed by atoms with Crippen LogP contribution in [0.3, 0.4) is 0 Å². The first kappa shape index (κ1) is 16.2. The van der Waals surface area contributed by atoms with Gasteiger partial charge in [-0.05, 0) is 42.3 Å². The third kappa shape index (κ3) is 2.71. The van der Waals surface area contributed by atoms with Crippen LogP contribution in [0.2, 0.25) is 0 Å². The van der Waals surface area contributed by atoms with Crippen LogP contribution in [0.4, 0.5) is 0 Å². The average Bonchev–Trinajstić information content (AvgIpc) is 2.51. The van der Waals surface area contributed by atoms with Gasteiger partial charge in [-0.2, -0.15) is 0 Å². The highest BCUT2D eigenvalue weighted by Gasteiger charge is 2.31. The number of carbonyl (C=O) groups excluding carboxylic acids is 1. The van der Waals surface area contributed by atoms with Gasteiger partial charge in [0, 0.05) is 23.9 Å². The molecule has 2 aromatic rings. The molecule has 0 aromatic heterocycles. The molecule has 1 atom stereocenters. The summed E-state index contributed by atoms with van der Waals surface area (Å²) in [6, 6.07) is 12.8. The van der Waals surface area contributed by atoms with E-state index in [2.05, 4.69) is 0 Å². The Morgan fingerprint density at radius 2 is 1.70 bits per heavy atom. The van der Waals surface area contributed by atoms with Crippen molar-refractivity contribution < 1.29 is 13.2 Å². The Hall–Kier alpha value is -1.63. The molecule has 6 heteroatoms. The van der Waals surface area contributed by atoms with E-state index in [0.29, 0.717) is 0 Å². The van der Waals surface area contributed by atoms with Gasteiger partial charge in [-0.1, -0.05) is 30.0 Å². The minimum Gasteiger partial charge on any atom is -0.299 e. The van der Waals surface area contributed by atoms with Crippen LogP contribution in [0.25, 0.3) is 0 Å². The molecule has 0 N–H and O–H groups in total. The van der Waals surface area contributed by atoms with Gasteiger partial charge in [-0.25, -0.2) is 12.7 Å². The zero-order chi connectivity index (χ0) is 16.8. The fraction of sp³-hybridized carbons (Fsp3) is 0.235. The second-order valence-electron chi connectivity index (χ2n) is 5.67. The summed E-state index contributed by atoms with van der Waals surface area (Å²) in [5.74, 6) is -0.404. The maximum absolute atomic E-state index is 12.4. The molecule has 0 amide bonds. The largest absolute Gasteiger partial charge is 0.299 e. The van der Waals surface area contributed by atoms with Crippen molar-refractivity contribution in [1.82, 2.24) is 4.31 Å². The minimum atomic E-state index is -3.52. The van der Waals surface area contributed by atoms with E-state index in [1.807, 2.05) is 24.3 Å². The van der Waals surface area contributed by atoms with Crippen LogP contribution in [-0.2, 0) is 14.8 Å². The summed E-state index contributed by atoms with van der Waals surface area (Å²) < 4.78 is 25.9. The third-order valence-electron chi connectivity index (χ3n) is 3.93. The number of Topliss-reactive ketones (excluding diaryl/α,β-unsaturated/α-hetero) is 1. The molecule has 0 aliphatic carbocycles. The van der Waals surface area contributed by atoms with Crippen molar-refractivity contribution in [2.75, 3.05) is 14.1 Å². The van der Waals surface area contributed by atoms with Gasteiger partial charge in [0.05, 0.1) is 10.8 Å². The molecule has 1 aliphatic heterocycles. The highest BCUT2D eigenvalue weighted by atomic mass is 32.2. The van der Waals surface area contributed by atoms with Crippen molar-refractivity contribution in [1.29, 1.82) is 0 Å². The fourth-order valence-corrected chi connectivity index (χ4v) is 4.81. The summed E-state index contributed by atoms with van der Waals surface area (Å²) >= 11 is 1.57. The molecule has 2 aromatic carbocycles. The van der Waals surface area contributed by atoms with Crippen molar-refractivity contribution in [2.45, 2.75) is 27.5 Å². The minimum absolute atomic E-state index is 0.0124. The van der Waals surface area contributed by atoms with Crippen LogP contribution in [0, 0.1) is 0 Å². The molecule has 0 fully saturated rings. The molecule has 0 radical (unpaired) electrons. The molecule has 0 unspecified atom stereocenters. The summed E-state index contributed by atoms with van der Waals surface area (Å²) in [6.45, 7) is 1.55. The number of rotatable bonds is 3. The SMILES string of the molecule is CC(=O)[C@@H]1c2ccccc2Sc2ccc(S(=O)(=O)N(C)C)cc21. The van der Waals surface area contributed by atoms with Crippen molar-refractivity contribution in [3.8, 4) is 0 Å². The van der Waals surface area contributed by atoms with Crippen LogP contribution in [0.5, 0.6) is 0 Å². The second kappa shape index (κ2) is 5.78. The molecule has 0 saturated heterocycles. The fourth-order valence-electron chi connectivity index (χ4n) is 2.75. The Morgan fingerprint density at radius 1 is 1.04 bits per heavy atom. The van der Waals surface area contributed by atoms with Gasteiger partial charge in [-0.3, -0.25) is 4.79 Å². The molecule has 0 bridgehead atoms. The zero-order valence-corrected chi connectivity index (χ0v) is 14.7. The van der Waals surface area contributed by atoms with Gasteiger partial charge in [0.1, 0.15) is 5.78 Å². The monoisotopic (exact) mass is 347 g/mol. The van der Waals surface area contributed by atoms with Crippen LogP contribution < -0.4 is 0 Å². The number of fused-ring (bicyclic) bond motifs is 2. The topological polar surface area (TPSA) is 54.5 Å². The summed E-state index contributed by atoms with van der Waals surface area (Å²) in [4.78, 5) is 14.4. The first-order valence-corrected chi connectivity index (χ1v) is 9.41.